The summed E-state index contributed by atoms with van der Waals surface area (Å²) in [5.41, 5.74) is 0.918. The zero-order valence-electron chi connectivity index (χ0n) is 11.5. The molecule has 1 aromatic carbocycles. The molecule has 0 radical (unpaired) electrons. The molecule has 0 aromatic heterocycles. The minimum absolute atomic E-state index is 0. The lowest BCUT2D eigenvalue weighted by molar-refractivity contribution is 0.328. The van der Waals surface area contributed by atoms with E-state index in [4.69, 9.17) is 0 Å². The first-order chi connectivity index (χ1) is 8.90. The predicted molar refractivity (Wildman–Crippen MR) is 86.9 cm³/mol. The molecule has 1 aromatic rings. The van der Waals surface area contributed by atoms with Crippen molar-refractivity contribution in [2.24, 2.45) is 5.92 Å². The van der Waals surface area contributed by atoms with E-state index >= 15 is 0 Å². The van der Waals surface area contributed by atoms with Gasteiger partial charge in [0, 0.05) is 10.5 Å². The summed E-state index contributed by atoms with van der Waals surface area (Å²) in [4.78, 5) is 0.332. The summed E-state index contributed by atoms with van der Waals surface area (Å²) in [6.07, 6.45) is 0.829. The van der Waals surface area contributed by atoms with Crippen LogP contribution in [-0.2, 0) is 10.0 Å². The molecule has 0 amide bonds. The minimum Gasteiger partial charge on any atom is -0.316 e. The Morgan fingerprint density at radius 1 is 1.40 bits per heavy atom. The Bertz CT molecular complexity index is 565. The lowest BCUT2D eigenvalue weighted by Crippen LogP contribution is -2.48. The van der Waals surface area contributed by atoms with E-state index in [1.54, 1.807) is 18.2 Å². The molecule has 1 saturated heterocycles. The number of rotatable bonds is 3. The lowest BCUT2D eigenvalue weighted by Gasteiger charge is -2.30. The molecule has 0 saturated carbocycles. The average Bonchev–Trinajstić information content (AvgIpc) is 2.35. The molecular formula is C13H20BrClN2O2S. The van der Waals surface area contributed by atoms with Gasteiger partial charge in [-0.05, 0) is 56.1 Å². The van der Waals surface area contributed by atoms with Gasteiger partial charge in [-0.1, -0.05) is 22.9 Å². The van der Waals surface area contributed by atoms with Gasteiger partial charge in [0.15, 0.2) is 0 Å². The van der Waals surface area contributed by atoms with E-state index < -0.39 is 10.0 Å². The highest BCUT2D eigenvalue weighted by atomic mass is 79.9. The third-order valence-corrected chi connectivity index (χ3v) is 5.91. The monoisotopic (exact) mass is 382 g/mol. The maximum absolute atomic E-state index is 12.4. The number of sulfonamides is 1. The van der Waals surface area contributed by atoms with Crippen molar-refractivity contribution in [2.75, 3.05) is 13.1 Å². The molecule has 1 heterocycles. The number of aryl methyl sites for hydroxylation is 1. The molecule has 0 bridgehead atoms. The molecule has 2 N–H and O–H groups in total. The van der Waals surface area contributed by atoms with Gasteiger partial charge in [0.1, 0.15) is 0 Å². The summed E-state index contributed by atoms with van der Waals surface area (Å²) in [6, 6.07) is 5.11. The van der Waals surface area contributed by atoms with E-state index in [1.807, 2.05) is 6.92 Å². The van der Waals surface area contributed by atoms with Gasteiger partial charge in [0.25, 0.3) is 0 Å². The Morgan fingerprint density at radius 2 is 2.10 bits per heavy atom. The fourth-order valence-corrected chi connectivity index (χ4v) is 3.95. The maximum atomic E-state index is 12.4. The van der Waals surface area contributed by atoms with E-state index in [0.717, 1.165) is 29.5 Å². The fourth-order valence-electron chi connectivity index (χ4n) is 2.24. The maximum Gasteiger partial charge on any atom is 0.240 e. The van der Waals surface area contributed by atoms with Crippen LogP contribution in [0.4, 0.5) is 0 Å². The Hall–Kier alpha value is -0.140. The Balaban J connectivity index is 0.00000200. The van der Waals surface area contributed by atoms with Crippen molar-refractivity contribution >= 4 is 38.4 Å². The molecule has 2 atom stereocenters. The van der Waals surface area contributed by atoms with Crippen molar-refractivity contribution in [2.45, 2.75) is 31.2 Å². The summed E-state index contributed by atoms with van der Waals surface area (Å²) in [6.45, 7) is 5.66. The van der Waals surface area contributed by atoms with E-state index in [2.05, 4.69) is 32.9 Å². The van der Waals surface area contributed by atoms with Crippen molar-refractivity contribution < 1.29 is 8.42 Å². The van der Waals surface area contributed by atoms with Crippen molar-refractivity contribution in [3.05, 3.63) is 28.2 Å². The van der Waals surface area contributed by atoms with E-state index in [1.165, 1.54) is 0 Å². The molecule has 1 aliphatic rings. The Labute approximate surface area is 135 Å². The smallest absolute Gasteiger partial charge is 0.240 e. The summed E-state index contributed by atoms with van der Waals surface area (Å²) in [5.74, 6) is 0.306. The number of piperidine rings is 1. The van der Waals surface area contributed by atoms with Gasteiger partial charge in [-0.2, -0.15) is 0 Å². The third-order valence-electron chi connectivity index (χ3n) is 3.53. The molecular weight excluding hydrogens is 364 g/mol. The summed E-state index contributed by atoms with van der Waals surface area (Å²) in [7, 11) is -3.43. The highest BCUT2D eigenvalue weighted by Gasteiger charge is 2.26. The van der Waals surface area contributed by atoms with Gasteiger partial charge in [0.2, 0.25) is 10.0 Å². The second-order valence-corrected chi connectivity index (χ2v) is 7.68. The van der Waals surface area contributed by atoms with Crippen LogP contribution in [0.3, 0.4) is 0 Å². The quantitative estimate of drug-likeness (QED) is 0.843. The molecule has 1 fully saturated rings. The second-order valence-electron chi connectivity index (χ2n) is 5.11. The first-order valence-corrected chi connectivity index (χ1v) is 8.67. The third kappa shape index (κ3) is 4.18. The molecule has 2 unspecified atom stereocenters. The lowest BCUT2D eigenvalue weighted by atomic mass is 9.97. The Kier molecular flexibility index (Phi) is 6.47. The number of halogens is 2. The minimum atomic E-state index is -3.43. The second kappa shape index (κ2) is 7.22. The first kappa shape index (κ1) is 17.9. The summed E-state index contributed by atoms with van der Waals surface area (Å²) < 4.78 is 28.5. The standard InChI is InChI=1S/C13H19BrN2O2S.ClH/c1-9-7-11(3-4-12(9)14)19(17,18)16-13-5-6-15-8-10(13)2;/h3-4,7,10,13,15-16H,5-6,8H2,1-2H3;1H. The number of benzene rings is 1. The van der Waals surface area contributed by atoms with Crippen LogP contribution in [0.15, 0.2) is 27.6 Å². The van der Waals surface area contributed by atoms with Crippen LogP contribution in [0.25, 0.3) is 0 Å². The summed E-state index contributed by atoms with van der Waals surface area (Å²) in [5, 5.41) is 3.27. The molecule has 20 heavy (non-hydrogen) atoms. The van der Waals surface area contributed by atoms with Gasteiger partial charge in [-0.15, -0.1) is 12.4 Å². The largest absolute Gasteiger partial charge is 0.316 e. The number of hydrogen-bond acceptors (Lipinski definition) is 3. The van der Waals surface area contributed by atoms with Gasteiger partial charge in [-0.3, -0.25) is 0 Å². The predicted octanol–water partition coefficient (Wildman–Crippen LogP) is 2.46. The van der Waals surface area contributed by atoms with Gasteiger partial charge < -0.3 is 5.32 Å². The summed E-state index contributed by atoms with van der Waals surface area (Å²) >= 11 is 3.38. The van der Waals surface area contributed by atoms with E-state index in [0.29, 0.717) is 10.8 Å². The van der Waals surface area contributed by atoms with E-state index in [9.17, 15) is 8.42 Å². The van der Waals surface area contributed by atoms with E-state index in [-0.39, 0.29) is 18.4 Å². The first-order valence-electron chi connectivity index (χ1n) is 6.39. The zero-order chi connectivity index (χ0) is 14.0. The fraction of sp³-hybridized carbons (Fsp3) is 0.538. The van der Waals surface area contributed by atoms with Crippen LogP contribution < -0.4 is 10.0 Å². The van der Waals surface area contributed by atoms with Gasteiger partial charge in [-0.25, -0.2) is 13.1 Å². The van der Waals surface area contributed by atoms with Crippen molar-refractivity contribution in [3.63, 3.8) is 0 Å². The van der Waals surface area contributed by atoms with Crippen LogP contribution in [0.5, 0.6) is 0 Å². The van der Waals surface area contributed by atoms with Crippen LogP contribution in [-0.4, -0.2) is 27.5 Å². The van der Waals surface area contributed by atoms with Crippen molar-refractivity contribution in [1.29, 1.82) is 0 Å². The SMILES string of the molecule is Cc1cc(S(=O)(=O)NC2CCNCC2C)ccc1Br.Cl. The molecule has 1 aliphatic heterocycles. The van der Waals surface area contributed by atoms with Crippen LogP contribution in [0.2, 0.25) is 0 Å². The molecule has 0 spiro atoms. The zero-order valence-corrected chi connectivity index (χ0v) is 14.7. The van der Waals surface area contributed by atoms with Gasteiger partial charge in [0.05, 0.1) is 4.90 Å². The number of nitrogens with one attached hydrogen (secondary N) is 2. The molecule has 2 rings (SSSR count). The molecule has 7 heteroatoms. The normalized spacial score (nSPS) is 23.1. The molecule has 4 nitrogen and oxygen atoms in total. The topological polar surface area (TPSA) is 58.2 Å². The average molecular weight is 384 g/mol. The highest BCUT2D eigenvalue weighted by Crippen LogP contribution is 2.21. The molecule has 0 aliphatic carbocycles. The Morgan fingerprint density at radius 3 is 2.70 bits per heavy atom. The van der Waals surface area contributed by atoms with Crippen LogP contribution in [0, 0.1) is 12.8 Å². The van der Waals surface area contributed by atoms with Crippen LogP contribution >= 0.6 is 28.3 Å². The highest BCUT2D eigenvalue weighted by molar-refractivity contribution is 9.10. The van der Waals surface area contributed by atoms with Gasteiger partial charge >= 0.3 is 0 Å². The molecule has 114 valence electrons. The van der Waals surface area contributed by atoms with Crippen molar-refractivity contribution in [3.8, 4) is 0 Å². The van der Waals surface area contributed by atoms with Crippen LogP contribution in [0.1, 0.15) is 18.9 Å². The van der Waals surface area contributed by atoms with Crippen molar-refractivity contribution in [1.82, 2.24) is 10.0 Å². The number of hydrogen-bond donors (Lipinski definition) is 2.